The molecule has 0 radical (unpaired) electrons. The molecule has 1 aromatic carbocycles. The summed E-state index contributed by atoms with van der Waals surface area (Å²) < 4.78 is 0. The molecule has 100 valence electrons. The van der Waals surface area contributed by atoms with Crippen molar-refractivity contribution in [1.82, 2.24) is 5.32 Å². The Bertz CT molecular complexity index is 339. The van der Waals surface area contributed by atoms with Gasteiger partial charge in [-0.2, -0.15) is 0 Å². The van der Waals surface area contributed by atoms with E-state index in [1.807, 2.05) is 6.92 Å². The molecule has 0 aliphatic carbocycles. The molecule has 2 N–H and O–H groups in total. The minimum absolute atomic E-state index is 0.196. The van der Waals surface area contributed by atoms with Crippen molar-refractivity contribution in [3.8, 4) is 0 Å². The summed E-state index contributed by atoms with van der Waals surface area (Å²) in [6.45, 7) is 4.21. The van der Waals surface area contributed by atoms with Crippen molar-refractivity contribution in [3.05, 3.63) is 35.4 Å². The fraction of sp³-hybridized carbons (Fsp3) is 0.625. The molecule has 18 heavy (non-hydrogen) atoms. The maximum Gasteiger partial charge on any atom is 0.0515 e. The number of hydrogen-bond acceptors (Lipinski definition) is 2. The number of piperidine rings is 1. The third kappa shape index (κ3) is 4.43. The number of aliphatic hydroxyl groups excluding tert-OH is 1. The van der Waals surface area contributed by atoms with Crippen molar-refractivity contribution < 1.29 is 5.11 Å². The zero-order valence-corrected chi connectivity index (χ0v) is 11.4. The van der Waals surface area contributed by atoms with Gasteiger partial charge in [-0.3, -0.25) is 0 Å². The van der Waals surface area contributed by atoms with Crippen LogP contribution < -0.4 is 5.32 Å². The van der Waals surface area contributed by atoms with Crippen LogP contribution >= 0.6 is 0 Å². The van der Waals surface area contributed by atoms with E-state index in [0.717, 1.165) is 18.8 Å². The van der Waals surface area contributed by atoms with Gasteiger partial charge >= 0.3 is 0 Å². The van der Waals surface area contributed by atoms with Crippen molar-refractivity contribution in [2.45, 2.75) is 45.1 Å². The summed E-state index contributed by atoms with van der Waals surface area (Å²) in [6.07, 6.45) is 5.50. The first-order valence-electron chi connectivity index (χ1n) is 7.20. The molecule has 2 rings (SSSR count). The van der Waals surface area contributed by atoms with E-state index in [2.05, 4.69) is 29.6 Å². The summed E-state index contributed by atoms with van der Waals surface area (Å²) >= 11 is 0. The highest BCUT2D eigenvalue weighted by Crippen LogP contribution is 2.17. The van der Waals surface area contributed by atoms with Gasteiger partial charge in [-0.05, 0) is 69.2 Å². The van der Waals surface area contributed by atoms with Gasteiger partial charge in [0.2, 0.25) is 0 Å². The first kappa shape index (κ1) is 13.6. The second kappa shape index (κ2) is 6.91. The minimum atomic E-state index is -0.196. The van der Waals surface area contributed by atoms with Crippen LogP contribution in [0.3, 0.4) is 0 Å². The average Bonchev–Trinajstić information content (AvgIpc) is 2.39. The summed E-state index contributed by atoms with van der Waals surface area (Å²) in [7, 11) is 0. The van der Waals surface area contributed by atoms with E-state index in [1.165, 1.54) is 43.5 Å². The van der Waals surface area contributed by atoms with E-state index in [1.54, 1.807) is 0 Å². The van der Waals surface area contributed by atoms with Gasteiger partial charge in [0.1, 0.15) is 0 Å². The first-order valence-corrected chi connectivity index (χ1v) is 7.20. The lowest BCUT2D eigenvalue weighted by atomic mass is 9.92. The Morgan fingerprint density at radius 2 is 2.00 bits per heavy atom. The number of benzene rings is 1. The Morgan fingerprint density at radius 3 is 2.61 bits per heavy atom. The highest BCUT2D eigenvalue weighted by atomic mass is 16.3. The second-order valence-electron chi connectivity index (χ2n) is 5.62. The third-order valence-electron chi connectivity index (χ3n) is 3.80. The predicted octanol–water partition coefficient (Wildman–Crippen LogP) is 2.54. The van der Waals surface area contributed by atoms with Crippen LogP contribution in [-0.2, 0) is 12.8 Å². The molecule has 0 amide bonds. The molecule has 2 nitrogen and oxygen atoms in total. The molecule has 0 aromatic heterocycles. The van der Waals surface area contributed by atoms with E-state index >= 15 is 0 Å². The Hall–Kier alpha value is -0.860. The van der Waals surface area contributed by atoms with Gasteiger partial charge in [-0.15, -0.1) is 0 Å². The quantitative estimate of drug-likeness (QED) is 0.838. The summed E-state index contributed by atoms with van der Waals surface area (Å²) in [6, 6.07) is 8.94. The summed E-state index contributed by atoms with van der Waals surface area (Å²) in [4.78, 5) is 0. The first-order chi connectivity index (χ1) is 8.74. The maximum absolute atomic E-state index is 9.28. The predicted molar refractivity (Wildman–Crippen MR) is 75.7 cm³/mol. The Labute approximate surface area is 110 Å². The molecule has 1 heterocycles. The standard InChI is InChI=1S/C16H25NO/c1-13(18)4-5-14-6-8-15(9-7-14)11-16-3-2-10-17-12-16/h6-9,13,16-18H,2-5,10-12H2,1H3. The SMILES string of the molecule is CC(O)CCc1ccc(CC2CCCNC2)cc1. The van der Waals surface area contributed by atoms with Crippen LogP contribution in [0.15, 0.2) is 24.3 Å². The molecular formula is C16H25NO. The maximum atomic E-state index is 9.28. The van der Waals surface area contributed by atoms with Gasteiger partial charge in [0.25, 0.3) is 0 Å². The number of nitrogens with one attached hydrogen (secondary N) is 1. The Kier molecular flexibility index (Phi) is 5.21. The number of aryl methyl sites for hydroxylation is 1. The molecule has 1 aliphatic heterocycles. The average molecular weight is 247 g/mol. The molecule has 1 fully saturated rings. The van der Waals surface area contributed by atoms with E-state index < -0.39 is 0 Å². The van der Waals surface area contributed by atoms with Gasteiger partial charge in [0, 0.05) is 0 Å². The molecule has 2 heteroatoms. The molecule has 2 atom stereocenters. The van der Waals surface area contributed by atoms with Gasteiger partial charge in [0.05, 0.1) is 6.10 Å². The van der Waals surface area contributed by atoms with Crippen molar-refractivity contribution >= 4 is 0 Å². The smallest absolute Gasteiger partial charge is 0.0515 e. The number of aliphatic hydroxyl groups is 1. The monoisotopic (exact) mass is 247 g/mol. The van der Waals surface area contributed by atoms with Crippen LogP contribution in [0.5, 0.6) is 0 Å². The molecule has 0 bridgehead atoms. The van der Waals surface area contributed by atoms with Crippen LogP contribution in [-0.4, -0.2) is 24.3 Å². The lowest BCUT2D eigenvalue weighted by Gasteiger charge is -2.22. The largest absolute Gasteiger partial charge is 0.393 e. The molecule has 1 saturated heterocycles. The third-order valence-corrected chi connectivity index (χ3v) is 3.80. The van der Waals surface area contributed by atoms with Crippen LogP contribution in [0.25, 0.3) is 0 Å². The second-order valence-corrected chi connectivity index (χ2v) is 5.62. The molecule has 2 unspecified atom stereocenters. The topological polar surface area (TPSA) is 32.3 Å². The summed E-state index contributed by atoms with van der Waals surface area (Å²) in [5, 5.41) is 12.7. The van der Waals surface area contributed by atoms with Crippen molar-refractivity contribution in [3.63, 3.8) is 0 Å². The van der Waals surface area contributed by atoms with E-state index in [-0.39, 0.29) is 6.10 Å². The lowest BCUT2D eigenvalue weighted by molar-refractivity contribution is 0.185. The van der Waals surface area contributed by atoms with Crippen molar-refractivity contribution in [2.24, 2.45) is 5.92 Å². The number of rotatable bonds is 5. The molecule has 1 aromatic rings. The molecular weight excluding hydrogens is 222 g/mol. The fourth-order valence-electron chi connectivity index (χ4n) is 2.65. The molecule has 0 saturated carbocycles. The normalized spacial score (nSPS) is 21.8. The van der Waals surface area contributed by atoms with Crippen LogP contribution in [0.1, 0.15) is 37.3 Å². The zero-order valence-electron chi connectivity index (χ0n) is 11.4. The molecule has 1 aliphatic rings. The summed E-state index contributed by atoms with van der Waals surface area (Å²) in [5.41, 5.74) is 2.78. The van der Waals surface area contributed by atoms with E-state index in [0.29, 0.717) is 0 Å². The minimum Gasteiger partial charge on any atom is -0.393 e. The van der Waals surface area contributed by atoms with E-state index in [4.69, 9.17) is 0 Å². The Morgan fingerprint density at radius 1 is 1.28 bits per heavy atom. The van der Waals surface area contributed by atoms with Crippen LogP contribution in [0.2, 0.25) is 0 Å². The highest BCUT2D eigenvalue weighted by molar-refractivity contribution is 5.23. The van der Waals surface area contributed by atoms with Gasteiger partial charge in [0.15, 0.2) is 0 Å². The Balaban J connectivity index is 1.83. The van der Waals surface area contributed by atoms with Crippen molar-refractivity contribution in [2.75, 3.05) is 13.1 Å². The fourth-order valence-corrected chi connectivity index (χ4v) is 2.65. The van der Waals surface area contributed by atoms with E-state index in [9.17, 15) is 5.11 Å². The van der Waals surface area contributed by atoms with Crippen LogP contribution in [0, 0.1) is 5.92 Å². The van der Waals surface area contributed by atoms with Crippen molar-refractivity contribution in [1.29, 1.82) is 0 Å². The van der Waals surface area contributed by atoms with Gasteiger partial charge in [-0.1, -0.05) is 24.3 Å². The van der Waals surface area contributed by atoms with Gasteiger partial charge < -0.3 is 10.4 Å². The van der Waals surface area contributed by atoms with Crippen LogP contribution in [0.4, 0.5) is 0 Å². The van der Waals surface area contributed by atoms with Gasteiger partial charge in [-0.25, -0.2) is 0 Å². The lowest BCUT2D eigenvalue weighted by Crippen LogP contribution is -2.30. The zero-order chi connectivity index (χ0) is 12.8. The highest BCUT2D eigenvalue weighted by Gasteiger charge is 2.13. The molecule has 0 spiro atoms. The summed E-state index contributed by atoms with van der Waals surface area (Å²) in [5.74, 6) is 0.807. The number of hydrogen-bond donors (Lipinski definition) is 2.